The molecule has 1 aliphatic heterocycles. The van der Waals surface area contributed by atoms with Crippen LogP contribution in [-0.2, 0) is 19.6 Å². The lowest BCUT2D eigenvalue weighted by atomic mass is 9.86. The van der Waals surface area contributed by atoms with Crippen LogP contribution in [0.25, 0.3) is 5.70 Å². The van der Waals surface area contributed by atoms with Crippen molar-refractivity contribution >= 4 is 21.7 Å². The minimum atomic E-state index is -3.96. The van der Waals surface area contributed by atoms with Crippen molar-refractivity contribution in [3.8, 4) is 0 Å². The highest BCUT2D eigenvalue weighted by molar-refractivity contribution is 7.89. The highest BCUT2D eigenvalue weighted by Gasteiger charge is 2.41. The van der Waals surface area contributed by atoms with E-state index in [0.29, 0.717) is 17.7 Å². The van der Waals surface area contributed by atoms with Crippen LogP contribution in [0.5, 0.6) is 0 Å². The Morgan fingerprint density at radius 3 is 2.12 bits per heavy atom. The molecule has 1 atom stereocenters. The zero-order valence-electron chi connectivity index (χ0n) is 20.2. The van der Waals surface area contributed by atoms with Crippen LogP contribution in [-0.4, -0.2) is 24.7 Å². The fourth-order valence-electron chi connectivity index (χ4n) is 4.16. The van der Waals surface area contributed by atoms with Crippen molar-refractivity contribution in [3.63, 3.8) is 0 Å². The molecule has 0 fully saturated rings. The number of hydrogen-bond acceptors (Lipinski definition) is 4. The monoisotopic (exact) mass is 467 g/mol. The molecular formula is C27H33NO4S. The van der Waals surface area contributed by atoms with Gasteiger partial charge in [-0.25, -0.2) is 8.42 Å². The first-order valence-corrected chi connectivity index (χ1v) is 12.8. The summed E-state index contributed by atoms with van der Waals surface area (Å²) in [5.41, 5.74) is 2.97. The maximum Gasteiger partial charge on any atom is 0.308 e. The third-order valence-corrected chi connectivity index (χ3v) is 7.48. The van der Waals surface area contributed by atoms with E-state index in [0.717, 1.165) is 11.1 Å². The number of carbonyl (C=O) groups is 1. The molecule has 3 rings (SSSR count). The summed E-state index contributed by atoms with van der Waals surface area (Å²) in [7, 11) is -3.96. The first kappa shape index (κ1) is 24.8. The predicted octanol–water partition coefficient (Wildman–Crippen LogP) is 5.93. The first-order chi connectivity index (χ1) is 15.5. The Kier molecular flexibility index (Phi) is 7.48. The van der Waals surface area contributed by atoms with E-state index in [-0.39, 0.29) is 22.5 Å². The Hall–Kier alpha value is -2.86. The normalized spacial score (nSPS) is 16.9. The van der Waals surface area contributed by atoms with Crippen molar-refractivity contribution < 1.29 is 17.9 Å². The Labute approximate surface area is 197 Å². The summed E-state index contributed by atoms with van der Waals surface area (Å²) in [5.74, 6) is 0.0772. The van der Waals surface area contributed by atoms with E-state index in [4.69, 9.17) is 4.74 Å². The van der Waals surface area contributed by atoms with Crippen molar-refractivity contribution in [1.29, 1.82) is 0 Å². The Morgan fingerprint density at radius 1 is 1.00 bits per heavy atom. The summed E-state index contributed by atoms with van der Waals surface area (Å²) in [6.07, 6.45) is 2.50. The average Bonchev–Trinajstić information content (AvgIpc) is 2.74. The van der Waals surface area contributed by atoms with Crippen LogP contribution in [0.4, 0.5) is 0 Å². The van der Waals surface area contributed by atoms with Gasteiger partial charge < -0.3 is 4.74 Å². The van der Waals surface area contributed by atoms with Crippen LogP contribution in [0.2, 0.25) is 0 Å². The minimum Gasteiger partial charge on any atom is -0.424 e. The molecule has 176 valence electrons. The molecule has 0 amide bonds. The maximum absolute atomic E-state index is 14.2. The van der Waals surface area contributed by atoms with Gasteiger partial charge in [-0.3, -0.25) is 9.10 Å². The second kappa shape index (κ2) is 9.96. The van der Waals surface area contributed by atoms with E-state index in [1.807, 2.05) is 57.2 Å². The van der Waals surface area contributed by atoms with Crippen LogP contribution in [0.15, 0.2) is 76.9 Å². The van der Waals surface area contributed by atoms with Crippen LogP contribution in [0.1, 0.15) is 52.2 Å². The van der Waals surface area contributed by atoms with Crippen LogP contribution >= 0.6 is 0 Å². The van der Waals surface area contributed by atoms with Gasteiger partial charge in [-0.2, -0.15) is 0 Å². The number of esters is 1. The van der Waals surface area contributed by atoms with Gasteiger partial charge in [0.1, 0.15) is 5.70 Å². The first-order valence-electron chi connectivity index (χ1n) is 11.3. The molecule has 1 unspecified atom stereocenters. The van der Waals surface area contributed by atoms with Crippen molar-refractivity contribution in [2.75, 3.05) is 0 Å². The van der Waals surface area contributed by atoms with Gasteiger partial charge >= 0.3 is 5.97 Å². The molecule has 0 aromatic heterocycles. The number of allylic oxidation sites excluding steroid dienone is 1. The molecule has 1 heterocycles. The third-order valence-electron chi connectivity index (χ3n) is 5.66. The molecule has 0 saturated heterocycles. The Morgan fingerprint density at radius 2 is 1.61 bits per heavy atom. The number of carbonyl (C=O) groups excluding carboxylic acids is 1. The fourth-order valence-corrected chi connectivity index (χ4v) is 5.84. The molecule has 0 spiro atoms. The molecule has 5 nitrogen and oxygen atoms in total. The number of benzene rings is 2. The van der Waals surface area contributed by atoms with E-state index in [2.05, 4.69) is 13.8 Å². The molecule has 2 aromatic carbocycles. The summed E-state index contributed by atoms with van der Waals surface area (Å²) >= 11 is 0. The SMILES string of the molecule is CC(=O)OC1=C(c2ccccc2)N(S(=O)(=O)c2ccc(C)cc2)C(CC(C)C)C(C(C)C)=C1. The van der Waals surface area contributed by atoms with Crippen molar-refractivity contribution in [3.05, 3.63) is 83.1 Å². The second-order valence-corrected chi connectivity index (χ2v) is 11.0. The summed E-state index contributed by atoms with van der Waals surface area (Å²) in [6.45, 7) is 11.5. The highest BCUT2D eigenvalue weighted by Crippen LogP contribution is 2.42. The number of nitrogens with zero attached hydrogens (tertiary/aromatic N) is 1. The van der Waals surface area contributed by atoms with Gasteiger partial charge in [0.2, 0.25) is 0 Å². The van der Waals surface area contributed by atoms with Crippen molar-refractivity contribution in [2.45, 2.75) is 58.9 Å². The predicted molar refractivity (Wildman–Crippen MR) is 131 cm³/mol. The van der Waals surface area contributed by atoms with E-state index in [9.17, 15) is 13.2 Å². The largest absolute Gasteiger partial charge is 0.424 e. The molecule has 33 heavy (non-hydrogen) atoms. The number of sulfonamides is 1. The van der Waals surface area contributed by atoms with Crippen LogP contribution in [0.3, 0.4) is 0 Å². The Balaban J connectivity index is 2.37. The molecule has 0 radical (unpaired) electrons. The highest BCUT2D eigenvalue weighted by atomic mass is 32.2. The van der Waals surface area contributed by atoms with E-state index in [1.54, 1.807) is 24.3 Å². The average molecular weight is 468 g/mol. The molecular weight excluding hydrogens is 434 g/mol. The van der Waals surface area contributed by atoms with Gasteiger partial charge in [-0.1, -0.05) is 75.7 Å². The van der Waals surface area contributed by atoms with E-state index < -0.39 is 22.0 Å². The molecule has 0 bridgehead atoms. The van der Waals surface area contributed by atoms with E-state index in [1.165, 1.54) is 11.2 Å². The van der Waals surface area contributed by atoms with Gasteiger partial charge in [0.25, 0.3) is 10.0 Å². The van der Waals surface area contributed by atoms with Crippen molar-refractivity contribution in [1.82, 2.24) is 4.31 Å². The lowest BCUT2D eigenvalue weighted by Gasteiger charge is -2.41. The summed E-state index contributed by atoms with van der Waals surface area (Å²) in [4.78, 5) is 12.2. The summed E-state index contributed by atoms with van der Waals surface area (Å²) in [5, 5.41) is 0. The topological polar surface area (TPSA) is 63.7 Å². The number of ether oxygens (including phenoxy) is 1. The number of hydrogen-bond donors (Lipinski definition) is 0. The Bertz CT molecular complexity index is 1160. The van der Waals surface area contributed by atoms with Crippen molar-refractivity contribution in [2.24, 2.45) is 11.8 Å². The minimum absolute atomic E-state index is 0.0624. The molecule has 0 aliphatic carbocycles. The van der Waals surface area contributed by atoms with Crippen LogP contribution in [0, 0.1) is 18.8 Å². The lowest BCUT2D eigenvalue weighted by Crippen LogP contribution is -2.44. The molecule has 2 aromatic rings. The number of rotatable bonds is 7. The lowest BCUT2D eigenvalue weighted by molar-refractivity contribution is -0.136. The molecule has 6 heteroatoms. The smallest absolute Gasteiger partial charge is 0.308 e. The zero-order chi connectivity index (χ0) is 24.3. The quantitative estimate of drug-likeness (QED) is 0.474. The fraction of sp³-hybridized carbons (Fsp3) is 0.370. The van der Waals surface area contributed by atoms with Gasteiger partial charge in [0.15, 0.2) is 5.76 Å². The van der Waals surface area contributed by atoms with Gasteiger partial charge in [0.05, 0.1) is 10.9 Å². The molecule has 0 saturated carbocycles. The number of aryl methyl sites for hydroxylation is 1. The molecule has 1 aliphatic rings. The summed E-state index contributed by atoms with van der Waals surface area (Å²) < 4.78 is 35.5. The van der Waals surface area contributed by atoms with Crippen LogP contribution < -0.4 is 0 Å². The van der Waals surface area contributed by atoms with E-state index >= 15 is 0 Å². The standard InChI is InChI=1S/C27H33NO4S/c1-18(2)16-25-24(19(3)4)17-26(32-21(6)29)27(22-10-8-7-9-11-22)28(25)33(30,31)23-14-12-20(5)13-15-23/h7-15,17-19,25H,16H2,1-6H3. The molecule has 0 N–H and O–H groups in total. The second-order valence-electron chi connectivity index (χ2n) is 9.23. The van der Waals surface area contributed by atoms with Gasteiger partial charge in [0, 0.05) is 12.5 Å². The van der Waals surface area contributed by atoms with Gasteiger partial charge in [-0.05, 0) is 49.0 Å². The maximum atomic E-state index is 14.2. The zero-order valence-corrected chi connectivity index (χ0v) is 21.0. The van der Waals surface area contributed by atoms with Gasteiger partial charge in [-0.15, -0.1) is 0 Å². The third kappa shape index (κ3) is 5.38. The summed E-state index contributed by atoms with van der Waals surface area (Å²) in [6, 6.07) is 15.7.